The smallest absolute Gasteiger partial charge is 0.0930 e. The molecule has 1 aliphatic heterocycles. The quantitative estimate of drug-likeness (QED) is 0.374. The highest BCUT2D eigenvalue weighted by molar-refractivity contribution is 7.98. The van der Waals surface area contributed by atoms with Gasteiger partial charge in [0, 0.05) is 47.3 Å². The summed E-state index contributed by atoms with van der Waals surface area (Å²) < 4.78 is 3.64. The summed E-state index contributed by atoms with van der Waals surface area (Å²) in [5.41, 5.74) is 2.64. The van der Waals surface area contributed by atoms with Gasteiger partial charge in [-0.1, -0.05) is 49.5 Å². The van der Waals surface area contributed by atoms with Crippen molar-refractivity contribution in [3.05, 3.63) is 59.1 Å². The molecule has 2 aliphatic rings. The Kier molecular flexibility index (Phi) is 8.50. The first-order chi connectivity index (χ1) is 15.9. The topological polar surface area (TPSA) is 47.5 Å². The summed E-state index contributed by atoms with van der Waals surface area (Å²) in [6, 6.07) is 17.1. The maximum absolute atomic E-state index is 11.1. The summed E-state index contributed by atoms with van der Waals surface area (Å²) in [4.78, 5) is 2.37. The maximum atomic E-state index is 11.1. The average molecular weight is 488 g/mol. The lowest BCUT2D eigenvalue weighted by Crippen LogP contribution is -2.42. The fourth-order valence-corrected chi connectivity index (χ4v) is 5.78. The highest BCUT2D eigenvalue weighted by Gasteiger charge is 2.34. The average Bonchev–Trinajstić information content (AvgIpc) is 2.83. The molecule has 1 heterocycles. The number of nitrogens with zero attached hydrogens (tertiary/aromatic N) is 1. The summed E-state index contributed by atoms with van der Waals surface area (Å²) >= 11 is 7.88. The number of piperidine rings is 1. The van der Waals surface area contributed by atoms with Crippen molar-refractivity contribution in [2.75, 3.05) is 29.9 Å². The van der Waals surface area contributed by atoms with Crippen LogP contribution in [0.25, 0.3) is 0 Å². The van der Waals surface area contributed by atoms with Crippen LogP contribution < -0.4 is 14.9 Å². The monoisotopic (exact) mass is 487 g/mol. The summed E-state index contributed by atoms with van der Waals surface area (Å²) in [6.07, 6.45) is 6.60. The standard InChI is InChI=1S/C27H38ClN3OS/c1-20(2)33-30-25-9-3-21(4-10-25)19-29-24-11-13-26(14-12-24)31-17-15-27(32,16-18-31)22-5-7-23(28)8-6-22/h5-8,11-14,20-21,25,29-30,32H,3-4,9-10,15-19H2,1-2H3. The lowest BCUT2D eigenvalue weighted by Gasteiger charge is -2.39. The minimum atomic E-state index is -0.759. The highest BCUT2D eigenvalue weighted by Crippen LogP contribution is 2.35. The Hall–Kier alpha value is -1.40. The SMILES string of the molecule is CC(C)SNC1CCC(CNc2ccc(N3CCC(O)(c4ccc(Cl)cc4)CC3)cc2)CC1. The molecule has 2 aromatic carbocycles. The van der Waals surface area contributed by atoms with E-state index in [2.05, 4.69) is 53.1 Å². The van der Waals surface area contributed by atoms with Crippen molar-refractivity contribution in [3.63, 3.8) is 0 Å². The molecule has 33 heavy (non-hydrogen) atoms. The van der Waals surface area contributed by atoms with Crippen molar-refractivity contribution in [2.45, 2.75) is 69.3 Å². The van der Waals surface area contributed by atoms with Gasteiger partial charge in [0.2, 0.25) is 0 Å². The largest absolute Gasteiger partial charge is 0.385 e. The molecule has 0 spiro atoms. The molecule has 0 aromatic heterocycles. The zero-order valence-corrected chi connectivity index (χ0v) is 21.5. The van der Waals surface area contributed by atoms with Crippen LogP contribution in [-0.2, 0) is 5.60 Å². The van der Waals surface area contributed by atoms with Crippen molar-refractivity contribution >= 4 is 34.9 Å². The second kappa shape index (κ2) is 11.4. The molecule has 0 atom stereocenters. The summed E-state index contributed by atoms with van der Waals surface area (Å²) in [6.45, 7) is 7.23. The van der Waals surface area contributed by atoms with E-state index in [-0.39, 0.29) is 0 Å². The molecule has 6 heteroatoms. The number of anilines is 2. The van der Waals surface area contributed by atoms with Crippen LogP contribution in [0.4, 0.5) is 11.4 Å². The van der Waals surface area contributed by atoms with E-state index in [1.54, 1.807) is 0 Å². The third kappa shape index (κ3) is 6.82. The fraction of sp³-hybridized carbons (Fsp3) is 0.556. The lowest BCUT2D eigenvalue weighted by molar-refractivity contribution is 0.0118. The second-order valence-electron chi connectivity index (χ2n) is 9.96. The third-order valence-electron chi connectivity index (χ3n) is 7.12. The first-order valence-electron chi connectivity index (χ1n) is 12.4. The van der Waals surface area contributed by atoms with E-state index in [4.69, 9.17) is 11.6 Å². The van der Waals surface area contributed by atoms with E-state index in [1.807, 2.05) is 36.2 Å². The van der Waals surface area contributed by atoms with Gasteiger partial charge in [-0.3, -0.25) is 4.72 Å². The molecule has 4 rings (SSSR count). The van der Waals surface area contributed by atoms with Gasteiger partial charge in [0.25, 0.3) is 0 Å². The number of nitrogens with one attached hydrogen (secondary N) is 2. The van der Waals surface area contributed by atoms with Gasteiger partial charge in [-0.2, -0.15) is 0 Å². The van der Waals surface area contributed by atoms with E-state index < -0.39 is 5.60 Å². The fourth-order valence-electron chi connectivity index (χ4n) is 4.95. The summed E-state index contributed by atoms with van der Waals surface area (Å²) in [5, 5.41) is 16.1. The van der Waals surface area contributed by atoms with E-state index >= 15 is 0 Å². The Balaban J connectivity index is 1.21. The van der Waals surface area contributed by atoms with Gasteiger partial charge in [-0.15, -0.1) is 0 Å². The molecule has 0 radical (unpaired) electrons. The minimum absolute atomic E-state index is 0.645. The number of hydrogen-bond donors (Lipinski definition) is 3. The van der Waals surface area contributed by atoms with Crippen LogP contribution in [0.1, 0.15) is 57.9 Å². The number of rotatable bonds is 8. The molecular formula is C27H38ClN3OS. The number of hydrogen-bond acceptors (Lipinski definition) is 5. The van der Waals surface area contributed by atoms with E-state index in [0.29, 0.717) is 16.3 Å². The van der Waals surface area contributed by atoms with Crippen LogP contribution in [0.2, 0.25) is 5.02 Å². The van der Waals surface area contributed by atoms with E-state index in [9.17, 15) is 5.11 Å². The van der Waals surface area contributed by atoms with Crippen LogP contribution in [0.5, 0.6) is 0 Å². The van der Waals surface area contributed by atoms with Gasteiger partial charge in [0.1, 0.15) is 0 Å². The van der Waals surface area contributed by atoms with Crippen LogP contribution in [0.3, 0.4) is 0 Å². The van der Waals surface area contributed by atoms with Gasteiger partial charge in [0.15, 0.2) is 0 Å². The van der Waals surface area contributed by atoms with Crippen molar-refractivity contribution in [1.82, 2.24) is 4.72 Å². The van der Waals surface area contributed by atoms with Crippen LogP contribution >= 0.6 is 23.5 Å². The molecule has 0 bridgehead atoms. The Morgan fingerprint density at radius 3 is 2.24 bits per heavy atom. The van der Waals surface area contributed by atoms with E-state index in [0.717, 1.165) is 44.0 Å². The minimum Gasteiger partial charge on any atom is -0.385 e. The van der Waals surface area contributed by atoms with Gasteiger partial charge >= 0.3 is 0 Å². The van der Waals surface area contributed by atoms with Gasteiger partial charge in [-0.25, -0.2) is 0 Å². The van der Waals surface area contributed by atoms with Crippen LogP contribution in [-0.4, -0.2) is 36.0 Å². The molecular weight excluding hydrogens is 450 g/mol. The number of halogens is 1. The molecule has 1 saturated carbocycles. The first kappa shape index (κ1) is 24.7. The molecule has 3 N–H and O–H groups in total. The molecule has 0 unspecified atom stereocenters. The molecule has 2 aromatic rings. The molecule has 0 amide bonds. The Morgan fingerprint density at radius 1 is 1.00 bits per heavy atom. The zero-order chi connectivity index (χ0) is 23.3. The van der Waals surface area contributed by atoms with Gasteiger partial charge in [0.05, 0.1) is 5.60 Å². The highest BCUT2D eigenvalue weighted by atomic mass is 35.5. The van der Waals surface area contributed by atoms with E-state index in [1.165, 1.54) is 37.1 Å². The molecule has 1 saturated heterocycles. The maximum Gasteiger partial charge on any atom is 0.0930 e. The molecule has 2 fully saturated rings. The van der Waals surface area contributed by atoms with Crippen molar-refractivity contribution in [2.24, 2.45) is 5.92 Å². The number of benzene rings is 2. The Morgan fingerprint density at radius 2 is 1.64 bits per heavy atom. The van der Waals surface area contributed by atoms with Gasteiger partial charge < -0.3 is 15.3 Å². The molecule has 180 valence electrons. The van der Waals surface area contributed by atoms with Crippen molar-refractivity contribution < 1.29 is 5.11 Å². The van der Waals surface area contributed by atoms with Crippen LogP contribution in [0.15, 0.2) is 48.5 Å². The Bertz CT molecular complexity index is 858. The molecule has 4 nitrogen and oxygen atoms in total. The van der Waals surface area contributed by atoms with Gasteiger partial charge in [-0.05, 0) is 86.4 Å². The second-order valence-corrected chi connectivity index (χ2v) is 11.8. The van der Waals surface area contributed by atoms with Crippen molar-refractivity contribution in [1.29, 1.82) is 0 Å². The summed E-state index contributed by atoms with van der Waals surface area (Å²) in [7, 11) is 0. The number of aliphatic hydroxyl groups is 1. The van der Waals surface area contributed by atoms with Crippen LogP contribution in [0, 0.1) is 5.92 Å². The predicted octanol–water partition coefficient (Wildman–Crippen LogP) is 6.44. The summed E-state index contributed by atoms with van der Waals surface area (Å²) in [5.74, 6) is 0.763. The zero-order valence-electron chi connectivity index (χ0n) is 19.9. The van der Waals surface area contributed by atoms with Crippen molar-refractivity contribution in [3.8, 4) is 0 Å². The first-order valence-corrected chi connectivity index (χ1v) is 13.7. The molecule has 1 aliphatic carbocycles. The Labute approximate surface area is 208 Å². The lowest BCUT2D eigenvalue weighted by atomic mass is 9.84. The third-order valence-corrected chi connectivity index (χ3v) is 8.31. The predicted molar refractivity (Wildman–Crippen MR) is 143 cm³/mol. The normalized spacial score (nSPS) is 23.0.